The smallest absolute Gasteiger partial charge is 0.266 e. The number of fused-ring (bicyclic) bond motifs is 1. The summed E-state index contributed by atoms with van der Waals surface area (Å²) in [6.07, 6.45) is 2.95. The summed E-state index contributed by atoms with van der Waals surface area (Å²) >= 11 is 1.27. The van der Waals surface area contributed by atoms with Gasteiger partial charge in [0, 0.05) is 31.6 Å². The van der Waals surface area contributed by atoms with E-state index in [-0.39, 0.29) is 11.4 Å². The Morgan fingerprint density at radius 3 is 2.50 bits per heavy atom. The minimum atomic E-state index is -0.513. The van der Waals surface area contributed by atoms with E-state index in [9.17, 15) is 9.18 Å². The summed E-state index contributed by atoms with van der Waals surface area (Å²) in [5.41, 5.74) is 0.921. The van der Waals surface area contributed by atoms with Crippen LogP contribution in [0.25, 0.3) is 10.6 Å². The highest BCUT2D eigenvalue weighted by molar-refractivity contribution is 7.17. The molecular formula is C19H23FN4OS. The molecule has 2 aliphatic rings. The normalized spacial score (nSPS) is 17.8. The molecule has 4 rings (SSSR count). The summed E-state index contributed by atoms with van der Waals surface area (Å²) in [7, 11) is 0. The topological polar surface area (TPSA) is 49.3 Å². The number of carbonyl (C=O) groups excluding carboxylic acids is 1. The first kappa shape index (κ1) is 17.4. The molecule has 0 unspecified atom stereocenters. The zero-order valence-corrected chi connectivity index (χ0v) is 16.2. The molecule has 5 nitrogen and oxygen atoms in total. The maximum absolute atomic E-state index is 14.7. The van der Waals surface area contributed by atoms with Crippen LogP contribution in [0.2, 0.25) is 0 Å². The second-order valence-corrected chi connectivity index (χ2v) is 8.87. The molecule has 0 bridgehead atoms. The van der Waals surface area contributed by atoms with Crippen molar-refractivity contribution in [1.82, 2.24) is 14.9 Å². The van der Waals surface area contributed by atoms with Crippen molar-refractivity contribution in [1.29, 1.82) is 0 Å². The van der Waals surface area contributed by atoms with Gasteiger partial charge in [0.2, 0.25) is 5.95 Å². The first-order chi connectivity index (χ1) is 12.3. The van der Waals surface area contributed by atoms with E-state index in [2.05, 4.69) is 14.9 Å². The number of nitrogens with zero attached hydrogens (tertiary/aromatic N) is 4. The van der Waals surface area contributed by atoms with Gasteiger partial charge in [0.25, 0.3) is 5.91 Å². The highest BCUT2D eigenvalue weighted by Crippen LogP contribution is 2.35. The maximum Gasteiger partial charge on any atom is 0.266 e. The number of rotatable bonds is 2. The van der Waals surface area contributed by atoms with Crippen molar-refractivity contribution in [2.75, 3.05) is 24.5 Å². The average Bonchev–Trinajstić information content (AvgIpc) is 3.23. The Labute approximate surface area is 156 Å². The predicted octanol–water partition coefficient (Wildman–Crippen LogP) is 3.74. The fourth-order valence-electron chi connectivity index (χ4n) is 3.59. The van der Waals surface area contributed by atoms with Gasteiger partial charge in [-0.2, -0.15) is 4.39 Å². The lowest BCUT2D eigenvalue weighted by Crippen LogP contribution is -2.48. The summed E-state index contributed by atoms with van der Waals surface area (Å²) in [6, 6.07) is 3.60. The van der Waals surface area contributed by atoms with Gasteiger partial charge in [-0.25, -0.2) is 9.97 Å². The predicted molar refractivity (Wildman–Crippen MR) is 101 cm³/mol. The Balaban J connectivity index is 1.65. The van der Waals surface area contributed by atoms with Crippen LogP contribution in [0, 0.1) is 5.95 Å². The number of aromatic nitrogens is 2. The monoisotopic (exact) mass is 374 g/mol. The molecule has 26 heavy (non-hydrogen) atoms. The van der Waals surface area contributed by atoms with E-state index in [1.165, 1.54) is 11.3 Å². The molecule has 0 atom stereocenters. The third-order valence-electron chi connectivity index (χ3n) is 5.01. The van der Waals surface area contributed by atoms with Crippen molar-refractivity contribution in [3.8, 4) is 10.6 Å². The Kier molecular flexibility index (Phi) is 4.22. The van der Waals surface area contributed by atoms with E-state index in [0.717, 1.165) is 31.6 Å². The van der Waals surface area contributed by atoms with Gasteiger partial charge in [-0.05, 0) is 45.7 Å². The molecule has 1 amide bonds. The van der Waals surface area contributed by atoms with Crippen LogP contribution in [-0.4, -0.2) is 45.9 Å². The molecule has 0 radical (unpaired) electrons. The van der Waals surface area contributed by atoms with Gasteiger partial charge >= 0.3 is 0 Å². The zero-order valence-electron chi connectivity index (χ0n) is 15.4. The van der Waals surface area contributed by atoms with E-state index >= 15 is 0 Å². The Hall–Kier alpha value is -2.02. The van der Waals surface area contributed by atoms with E-state index in [1.807, 2.05) is 31.7 Å². The van der Waals surface area contributed by atoms with E-state index in [1.54, 1.807) is 6.07 Å². The van der Waals surface area contributed by atoms with Crippen LogP contribution >= 0.6 is 11.3 Å². The second-order valence-electron chi connectivity index (χ2n) is 7.87. The molecule has 2 aliphatic heterocycles. The molecule has 7 heteroatoms. The van der Waals surface area contributed by atoms with Crippen LogP contribution in [0.4, 0.5) is 10.2 Å². The molecular weight excluding hydrogens is 351 g/mol. The number of thiazole rings is 1. The minimum absolute atomic E-state index is 0.00967. The van der Waals surface area contributed by atoms with Crippen LogP contribution in [0.3, 0.4) is 0 Å². The van der Waals surface area contributed by atoms with Crippen molar-refractivity contribution >= 4 is 23.1 Å². The molecule has 0 N–H and O–H groups in total. The number of anilines is 1. The third-order valence-corrected chi connectivity index (χ3v) is 6.13. The number of hydrogen-bond acceptors (Lipinski definition) is 5. The van der Waals surface area contributed by atoms with Crippen LogP contribution in [0.15, 0.2) is 12.1 Å². The van der Waals surface area contributed by atoms with E-state index in [0.29, 0.717) is 34.2 Å². The van der Waals surface area contributed by atoms with Crippen molar-refractivity contribution in [3.63, 3.8) is 0 Å². The maximum atomic E-state index is 14.7. The van der Waals surface area contributed by atoms with Gasteiger partial charge < -0.3 is 9.80 Å². The highest BCUT2D eigenvalue weighted by atomic mass is 32.1. The van der Waals surface area contributed by atoms with Crippen molar-refractivity contribution in [2.24, 2.45) is 0 Å². The SMILES string of the molecule is CC(C)(C)N1CCc2nc(-c3ccc(N4CCCC4)nc3F)sc2C1=O. The van der Waals surface area contributed by atoms with Gasteiger partial charge in [-0.3, -0.25) is 4.79 Å². The number of carbonyl (C=O) groups is 1. The lowest BCUT2D eigenvalue weighted by Gasteiger charge is -2.37. The van der Waals surface area contributed by atoms with Gasteiger partial charge in [0.15, 0.2) is 0 Å². The number of amides is 1. The molecule has 0 saturated carbocycles. The van der Waals surface area contributed by atoms with Gasteiger partial charge in [0.1, 0.15) is 15.7 Å². The molecule has 0 spiro atoms. The van der Waals surface area contributed by atoms with E-state index in [4.69, 9.17) is 0 Å². The fraction of sp³-hybridized carbons (Fsp3) is 0.526. The Bertz CT molecular complexity index is 852. The van der Waals surface area contributed by atoms with Gasteiger partial charge in [0.05, 0.1) is 11.3 Å². The Morgan fingerprint density at radius 1 is 1.12 bits per heavy atom. The molecule has 1 fully saturated rings. The van der Waals surface area contributed by atoms with Crippen LogP contribution in [-0.2, 0) is 6.42 Å². The summed E-state index contributed by atoms with van der Waals surface area (Å²) < 4.78 is 14.7. The quantitative estimate of drug-likeness (QED) is 0.752. The molecule has 2 aromatic heterocycles. The summed E-state index contributed by atoms with van der Waals surface area (Å²) in [6.45, 7) is 8.58. The second kappa shape index (κ2) is 6.30. The van der Waals surface area contributed by atoms with Crippen LogP contribution in [0.1, 0.15) is 49.0 Å². The average molecular weight is 374 g/mol. The lowest BCUT2D eigenvalue weighted by molar-refractivity contribution is 0.0566. The largest absolute Gasteiger partial charge is 0.357 e. The first-order valence-corrected chi connectivity index (χ1v) is 9.90. The molecule has 138 valence electrons. The van der Waals surface area contributed by atoms with Crippen LogP contribution in [0.5, 0.6) is 0 Å². The number of halogens is 1. The highest BCUT2D eigenvalue weighted by Gasteiger charge is 2.35. The summed E-state index contributed by atoms with van der Waals surface area (Å²) in [5.74, 6) is 0.158. The van der Waals surface area contributed by atoms with E-state index < -0.39 is 5.95 Å². The Morgan fingerprint density at radius 2 is 1.85 bits per heavy atom. The lowest BCUT2D eigenvalue weighted by atomic mass is 10.0. The molecule has 0 aromatic carbocycles. The molecule has 2 aromatic rings. The number of hydrogen-bond donors (Lipinski definition) is 0. The molecule has 0 aliphatic carbocycles. The minimum Gasteiger partial charge on any atom is -0.357 e. The molecule has 4 heterocycles. The molecule has 1 saturated heterocycles. The van der Waals surface area contributed by atoms with Crippen LogP contribution < -0.4 is 4.90 Å². The number of pyridine rings is 1. The third kappa shape index (κ3) is 2.98. The fourth-order valence-corrected chi connectivity index (χ4v) is 4.67. The zero-order chi connectivity index (χ0) is 18.5. The van der Waals surface area contributed by atoms with Gasteiger partial charge in [-0.1, -0.05) is 0 Å². The standard InChI is InChI=1S/C19H23FN4OS/c1-19(2,3)24-11-8-13-15(18(24)25)26-17(21-13)12-6-7-14(22-16(12)20)23-9-4-5-10-23/h6-7H,4-5,8-11H2,1-3H3. The van der Waals surface area contributed by atoms with Gasteiger partial charge in [-0.15, -0.1) is 11.3 Å². The summed E-state index contributed by atoms with van der Waals surface area (Å²) in [5, 5.41) is 0.539. The first-order valence-electron chi connectivity index (χ1n) is 9.08. The van der Waals surface area contributed by atoms with Crippen molar-refractivity contribution in [3.05, 3.63) is 28.7 Å². The van der Waals surface area contributed by atoms with Crippen molar-refractivity contribution in [2.45, 2.75) is 45.6 Å². The summed E-state index contributed by atoms with van der Waals surface area (Å²) in [4.78, 5) is 26.1. The van der Waals surface area contributed by atoms with Crippen molar-refractivity contribution < 1.29 is 9.18 Å².